The van der Waals surface area contributed by atoms with Gasteiger partial charge >= 0.3 is 5.76 Å². The largest absolute Gasteiger partial charge is 0.484 e. The second-order valence-electron chi connectivity index (χ2n) is 9.18. The van der Waals surface area contributed by atoms with Crippen LogP contribution in [0.5, 0.6) is 5.75 Å². The molecule has 0 amide bonds. The van der Waals surface area contributed by atoms with Gasteiger partial charge in [0, 0.05) is 49.4 Å². The fraction of sp³-hybridized carbons (Fsp3) is 0.286. The van der Waals surface area contributed by atoms with E-state index in [-0.39, 0.29) is 35.0 Å². The van der Waals surface area contributed by atoms with Gasteiger partial charge in [-0.05, 0) is 55.8 Å². The van der Waals surface area contributed by atoms with E-state index < -0.39 is 11.9 Å². The number of aromatic nitrogens is 1. The molecule has 11 heteroatoms. The summed E-state index contributed by atoms with van der Waals surface area (Å²) < 4.78 is 48.0. The predicted octanol–water partition coefficient (Wildman–Crippen LogP) is 6.40. The van der Waals surface area contributed by atoms with Crippen LogP contribution in [-0.4, -0.2) is 48.5 Å². The van der Waals surface area contributed by atoms with Crippen LogP contribution in [0.4, 0.5) is 30.4 Å². The maximum Gasteiger partial charge on any atom is 0.302 e. The first-order chi connectivity index (χ1) is 18.7. The predicted molar refractivity (Wildman–Crippen MR) is 153 cm³/mol. The van der Waals surface area contributed by atoms with Crippen molar-refractivity contribution in [2.24, 2.45) is 0 Å². The SMILES string of the molecule is CNc1c(C2=CCN(C)CC2)cnc(N)c1C(=N)c1ccc(NSC(F)F)c(OC(C)c2ccc(F)cc2)c1. The number of nitrogen functional groups attached to an aromatic ring is 1. The quantitative estimate of drug-likeness (QED) is 0.169. The number of hydrogen-bond acceptors (Lipinski definition) is 8. The number of nitrogens with two attached hydrogens (primary N) is 1. The normalized spacial score (nSPS) is 14.6. The Morgan fingerprint density at radius 1 is 1.21 bits per heavy atom. The number of benzene rings is 2. The Morgan fingerprint density at radius 2 is 1.95 bits per heavy atom. The lowest BCUT2D eigenvalue weighted by atomic mass is 9.93. The van der Waals surface area contributed by atoms with Crippen LogP contribution in [0.1, 0.15) is 41.7 Å². The third-order valence-corrected chi connectivity index (χ3v) is 7.05. The Kier molecular flexibility index (Phi) is 9.03. The van der Waals surface area contributed by atoms with Crippen LogP contribution in [-0.2, 0) is 0 Å². The highest BCUT2D eigenvalue weighted by Crippen LogP contribution is 2.37. The number of pyridine rings is 1. The van der Waals surface area contributed by atoms with Crippen LogP contribution >= 0.6 is 11.9 Å². The van der Waals surface area contributed by atoms with E-state index in [2.05, 4.69) is 33.0 Å². The maximum absolute atomic E-state index is 13.4. The van der Waals surface area contributed by atoms with Gasteiger partial charge in [0.05, 0.1) is 22.6 Å². The van der Waals surface area contributed by atoms with Crippen molar-refractivity contribution in [3.8, 4) is 5.75 Å². The first-order valence-electron chi connectivity index (χ1n) is 12.4. The lowest BCUT2D eigenvalue weighted by Gasteiger charge is -2.25. The van der Waals surface area contributed by atoms with Gasteiger partial charge in [-0.1, -0.05) is 24.3 Å². The van der Waals surface area contributed by atoms with Crippen molar-refractivity contribution in [1.82, 2.24) is 9.88 Å². The van der Waals surface area contributed by atoms with E-state index in [1.165, 1.54) is 12.1 Å². The summed E-state index contributed by atoms with van der Waals surface area (Å²) in [5.74, 6) is -2.57. The molecule has 2 aromatic carbocycles. The Hall–Kier alpha value is -3.70. The third-order valence-electron chi connectivity index (χ3n) is 6.54. The zero-order valence-corrected chi connectivity index (χ0v) is 22.7. The van der Waals surface area contributed by atoms with Crippen molar-refractivity contribution in [2.75, 3.05) is 43.0 Å². The second-order valence-corrected chi connectivity index (χ2v) is 9.97. The third kappa shape index (κ3) is 6.66. The highest BCUT2D eigenvalue weighted by Gasteiger charge is 2.22. The van der Waals surface area contributed by atoms with Crippen LogP contribution in [0.2, 0.25) is 0 Å². The molecule has 4 rings (SSSR count). The molecule has 5 N–H and O–H groups in total. The van der Waals surface area contributed by atoms with E-state index in [1.807, 2.05) is 0 Å². The molecule has 1 unspecified atom stereocenters. The highest BCUT2D eigenvalue weighted by atomic mass is 32.2. The van der Waals surface area contributed by atoms with E-state index in [9.17, 15) is 13.2 Å². The van der Waals surface area contributed by atoms with Gasteiger partial charge in [0.15, 0.2) is 0 Å². The summed E-state index contributed by atoms with van der Waals surface area (Å²) >= 11 is 0.244. The van der Waals surface area contributed by atoms with Gasteiger partial charge in [-0.2, -0.15) is 8.78 Å². The van der Waals surface area contributed by atoms with Gasteiger partial charge in [0.25, 0.3) is 0 Å². The molecule has 0 radical (unpaired) electrons. The molecule has 206 valence electrons. The highest BCUT2D eigenvalue weighted by molar-refractivity contribution is 8.00. The summed E-state index contributed by atoms with van der Waals surface area (Å²) in [6.45, 7) is 3.49. The number of hydrogen-bond donors (Lipinski definition) is 4. The molecule has 1 aromatic heterocycles. The lowest BCUT2D eigenvalue weighted by Crippen LogP contribution is -2.24. The van der Waals surface area contributed by atoms with Gasteiger partial charge < -0.3 is 25.4 Å². The molecule has 0 aliphatic carbocycles. The van der Waals surface area contributed by atoms with Crippen molar-refractivity contribution >= 4 is 40.4 Å². The second kappa shape index (κ2) is 12.4. The Bertz CT molecular complexity index is 1370. The maximum atomic E-state index is 13.4. The number of alkyl halides is 2. The van der Waals surface area contributed by atoms with Crippen molar-refractivity contribution in [3.05, 3.63) is 82.8 Å². The van der Waals surface area contributed by atoms with Crippen molar-refractivity contribution in [2.45, 2.75) is 25.2 Å². The molecular formula is C28H31F3N6OS. The van der Waals surface area contributed by atoms with Crippen molar-refractivity contribution < 1.29 is 17.9 Å². The summed E-state index contributed by atoms with van der Waals surface area (Å²) in [5.41, 5.74) is 11.0. The molecule has 1 aliphatic rings. The average Bonchev–Trinajstić information content (AvgIpc) is 2.92. The number of rotatable bonds is 10. The van der Waals surface area contributed by atoms with Gasteiger partial charge in [0.2, 0.25) is 0 Å². The van der Waals surface area contributed by atoms with Crippen LogP contribution in [0.3, 0.4) is 0 Å². The van der Waals surface area contributed by atoms with Gasteiger partial charge in [0.1, 0.15) is 23.5 Å². The van der Waals surface area contributed by atoms with E-state index in [0.29, 0.717) is 28.1 Å². The monoisotopic (exact) mass is 556 g/mol. The summed E-state index contributed by atoms with van der Waals surface area (Å²) in [5, 5.41) is 12.3. The minimum atomic E-state index is -2.65. The van der Waals surface area contributed by atoms with Gasteiger partial charge in [-0.25, -0.2) is 9.37 Å². The summed E-state index contributed by atoms with van der Waals surface area (Å²) in [6.07, 6.45) is 4.19. The minimum Gasteiger partial charge on any atom is -0.484 e. The summed E-state index contributed by atoms with van der Waals surface area (Å²) in [4.78, 5) is 6.61. The smallest absolute Gasteiger partial charge is 0.302 e. The molecule has 0 fully saturated rings. The van der Waals surface area contributed by atoms with Gasteiger partial charge in [-0.3, -0.25) is 5.41 Å². The number of anilines is 3. The molecule has 0 spiro atoms. The molecule has 0 saturated carbocycles. The standard InChI is InChI=1S/C28H31F3N6OS/c1-16(17-4-7-20(29)8-5-17)38-23-14-19(6-9-22(23)36-39-28(30)31)25(32)24-26(34-2)21(15-35-27(24)33)18-10-12-37(3)13-11-18/h4-10,14-16,28,32,36H,11-13H2,1-3H3,(H3,33,34,35). The number of nitrogens with zero attached hydrogens (tertiary/aromatic N) is 2. The first kappa shape index (κ1) is 28.3. The van der Waals surface area contributed by atoms with Crippen molar-refractivity contribution in [1.29, 1.82) is 5.41 Å². The van der Waals surface area contributed by atoms with E-state index >= 15 is 0 Å². The lowest BCUT2D eigenvalue weighted by molar-refractivity contribution is 0.228. The van der Waals surface area contributed by atoms with Gasteiger partial charge in [-0.15, -0.1) is 0 Å². The molecule has 1 aliphatic heterocycles. The zero-order chi connectivity index (χ0) is 28.1. The molecule has 0 bridgehead atoms. The number of ether oxygens (including phenoxy) is 1. The average molecular weight is 557 g/mol. The Balaban J connectivity index is 1.72. The summed E-state index contributed by atoms with van der Waals surface area (Å²) in [6, 6.07) is 10.7. The topological polar surface area (TPSA) is 99.3 Å². The molecular weight excluding hydrogens is 525 g/mol. The Morgan fingerprint density at radius 3 is 2.59 bits per heavy atom. The molecule has 2 heterocycles. The molecule has 1 atom stereocenters. The first-order valence-corrected chi connectivity index (χ1v) is 13.2. The van der Waals surface area contributed by atoms with E-state index in [1.54, 1.807) is 50.5 Å². The number of likely N-dealkylation sites (N-methyl/N-ethyl adjacent to an activating group) is 1. The van der Waals surface area contributed by atoms with Crippen LogP contribution < -0.4 is 20.5 Å². The minimum absolute atomic E-state index is 0.104. The van der Waals surface area contributed by atoms with E-state index in [4.69, 9.17) is 15.9 Å². The summed E-state index contributed by atoms with van der Waals surface area (Å²) in [7, 11) is 3.83. The number of nitrogens with one attached hydrogen (secondary N) is 3. The van der Waals surface area contributed by atoms with Crippen LogP contribution in [0.25, 0.3) is 5.57 Å². The zero-order valence-electron chi connectivity index (χ0n) is 21.9. The Labute approximate surface area is 230 Å². The molecule has 39 heavy (non-hydrogen) atoms. The van der Waals surface area contributed by atoms with Crippen LogP contribution in [0, 0.1) is 11.2 Å². The van der Waals surface area contributed by atoms with Crippen molar-refractivity contribution in [3.63, 3.8) is 0 Å². The number of halogens is 3. The molecule has 7 nitrogen and oxygen atoms in total. The fourth-order valence-corrected chi connectivity index (χ4v) is 4.79. The van der Waals surface area contributed by atoms with E-state index in [0.717, 1.165) is 30.6 Å². The fourth-order valence-electron chi connectivity index (χ4n) is 4.40. The van der Waals surface area contributed by atoms with Crippen LogP contribution in [0.15, 0.2) is 54.7 Å². The molecule has 3 aromatic rings. The molecule has 0 saturated heterocycles.